The van der Waals surface area contributed by atoms with Gasteiger partial charge in [0, 0.05) is 16.5 Å². The fraction of sp³-hybridized carbons (Fsp3) is 0.273. The van der Waals surface area contributed by atoms with Crippen LogP contribution in [0.1, 0.15) is 24.6 Å². The number of aromatic amines is 1. The van der Waals surface area contributed by atoms with Gasteiger partial charge in [-0.05, 0) is 47.1 Å². The first-order valence-electron chi connectivity index (χ1n) is 5.40. The zero-order chi connectivity index (χ0) is 12.9. The van der Waals surface area contributed by atoms with Gasteiger partial charge >= 0.3 is 0 Å². The van der Waals surface area contributed by atoms with Crippen molar-refractivity contribution >= 4 is 28.1 Å². The Labute approximate surface area is 115 Å². The van der Waals surface area contributed by atoms with Crippen molar-refractivity contribution in [2.45, 2.75) is 18.8 Å². The normalized spacial score (nSPS) is 15.1. The van der Waals surface area contributed by atoms with Gasteiger partial charge in [-0.3, -0.25) is 9.67 Å². The molecule has 2 aromatic rings. The molecule has 0 atom stereocenters. The van der Waals surface area contributed by atoms with Gasteiger partial charge in [-0.1, -0.05) is 0 Å². The molecule has 3 nitrogen and oxygen atoms in total. The summed E-state index contributed by atoms with van der Waals surface area (Å²) in [7, 11) is 0. The summed E-state index contributed by atoms with van der Waals surface area (Å²) in [6.07, 6.45) is 2.03. The summed E-state index contributed by atoms with van der Waals surface area (Å²) in [6.45, 7) is 0. The Balaban J connectivity index is 2.27. The number of rotatable bonds is 2. The second-order valence-electron chi connectivity index (χ2n) is 4.21. The lowest BCUT2D eigenvalue weighted by Gasteiger charge is -2.09. The molecule has 1 fully saturated rings. The molecule has 18 heavy (non-hydrogen) atoms. The molecule has 0 unspecified atom stereocenters. The minimum Gasteiger partial charge on any atom is -0.268 e. The number of hydrogen-bond acceptors (Lipinski definition) is 2. The van der Waals surface area contributed by atoms with Crippen molar-refractivity contribution in [3.05, 3.63) is 38.8 Å². The lowest BCUT2D eigenvalue weighted by Crippen LogP contribution is -2.04. The molecule has 1 N–H and O–H groups in total. The van der Waals surface area contributed by atoms with Gasteiger partial charge < -0.3 is 0 Å². The molecule has 7 heteroatoms. The van der Waals surface area contributed by atoms with E-state index in [0.717, 1.165) is 18.9 Å². The number of aromatic nitrogens is 3. The summed E-state index contributed by atoms with van der Waals surface area (Å²) in [5.74, 6) is -0.298. The predicted molar refractivity (Wildman–Crippen MR) is 68.3 cm³/mol. The maximum atomic E-state index is 13.9. The predicted octanol–water partition coefficient (Wildman–Crippen LogP) is 3.85. The average Bonchev–Trinajstić information content (AvgIpc) is 3.04. The maximum absolute atomic E-state index is 13.9. The molecule has 94 valence electrons. The second kappa shape index (κ2) is 4.24. The fourth-order valence-electron chi connectivity index (χ4n) is 1.89. The number of benzene rings is 1. The van der Waals surface area contributed by atoms with Crippen molar-refractivity contribution in [2.75, 3.05) is 0 Å². The molecule has 0 amide bonds. The van der Waals surface area contributed by atoms with E-state index < -0.39 is 11.6 Å². The topological polar surface area (TPSA) is 33.6 Å². The zero-order valence-electron chi connectivity index (χ0n) is 9.08. The van der Waals surface area contributed by atoms with Gasteiger partial charge in [0.25, 0.3) is 0 Å². The Morgan fingerprint density at radius 2 is 2.11 bits per heavy atom. The molecule has 0 bridgehead atoms. The molecular formula is C11H8BrF2N3S. The Bertz CT molecular complexity index is 652. The van der Waals surface area contributed by atoms with E-state index in [1.165, 1.54) is 10.6 Å². The van der Waals surface area contributed by atoms with E-state index in [1.807, 2.05) is 0 Å². The SMILES string of the molecule is Fc1cc(F)c(-n2c(C3CC3)n[nH]c2=S)c(Br)c1. The smallest absolute Gasteiger partial charge is 0.200 e. The summed E-state index contributed by atoms with van der Waals surface area (Å²) < 4.78 is 29.2. The molecule has 1 saturated carbocycles. The highest BCUT2D eigenvalue weighted by Gasteiger charge is 2.30. The third-order valence-electron chi connectivity index (χ3n) is 2.85. The van der Waals surface area contributed by atoms with Gasteiger partial charge in [0.2, 0.25) is 0 Å². The minimum atomic E-state index is -0.665. The first kappa shape index (κ1) is 12.0. The first-order chi connectivity index (χ1) is 8.58. The van der Waals surface area contributed by atoms with Crippen LogP contribution >= 0.6 is 28.1 Å². The Morgan fingerprint density at radius 1 is 1.39 bits per heavy atom. The van der Waals surface area contributed by atoms with Crippen molar-refractivity contribution in [1.82, 2.24) is 14.8 Å². The minimum absolute atomic E-state index is 0.206. The number of hydrogen-bond donors (Lipinski definition) is 1. The largest absolute Gasteiger partial charge is 0.268 e. The van der Waals surface area contributed by atoms with Gasteiger partial charge in [0.15, 0.2) is 10.6 Å². The van der Waals surface area contributed by atoms with Gasteiger partial charge in [-0.15, -0.1) is 0 Å². The molecule has 1 aliphatic rings. The van der Waals surface area contributed by atoms with Crippen LogP contribution in [0.4, 0.5) is 8.78 Å². The van der Waals surface area contributed by atoms with Crippen LogP contribution in [0.5, 0.6) is 0 Å². The summed E-state index contributed by atoms with van der Waals surface area (Å²) >= 11 is 8.29. The highest BCUT2D eigenvalue weighted by Crippen LogP contribution is 2.40. The zero-order valence-corrected chi connectivity index (χ0v) is 11.5. The van der Waals surface area contributed by atoms with Crippen LogP contribution in [-0.2, 0) is 0 Å². The third-order valence-corrected chi connectivity index (χ3v) is 3.72. The van der Waals surface area contributed by atoms with Crippen LogP contribution in [-0.4, -0.2) is 14.8 Å². The number of nitrogens with one attached hydrogen (secondary N) is 1. The molecule has 0 aliphatic heterocycles. The number of H-pyrrole nitrogens is 1. The molecule has 1 aromatic heterocycles. The van der Waals surface area contributed by atoms with Crippen molar-refractivity contribution < 1.29 is 8.78 Å². The number of halogens is 3. The third kappa shape index (κ3) is 1.91. The lowest BCUT2D eigenvalue weighted by atomic mass is 10.2. The van der Waals surface area contributed by atoms with Gasteiger partial charge in [0.05, 0.1) is 5.69 Å². The Kier molecular flexibility index (Phi) is 2.82. The maximum Gasteiger partial charge on any atom is 0.200 e. The van der Waals surface area contributed by atoms with Crippen LogP contribution in [0.2, 0.25) is 0 Å². The van der Waals surface area contributed by atoms with E-state index >= 15 is 0 Å². The summed E-state index contributed by atoms with van der Waals surface area (Å²) in [6, 6.07) is 2.05. The van der Waals surface area contributed by atoms with Crippen LogP contribution < -0.4 is 0 Å². The average molecular weight is 332 g/mol. The lowest BCUT2D eigenvalue weighted by molar-refractivity contribution is 0.574. The van der Waals surface area contributed by atoms with Gasteiger partial charge in [0.1, 0.15) is 11.6 Å². The van der Waals surface area contributed by atoms with Crippen molar-refractivity contribution in [2.24, 2.45) is 0 Å². The van der Waals surface area contributed by atoms with Gasteiger partial charge in [-0.2, -0.15) is 5.10 Å². The highest BCUT2D eigenvalue weighted by molar-refractivity contribution is 9.10. The standard InChI is InChI=1S/C11H8BrF2N3S/c12-7-3-6(13)4-8(14)9(7)17-10(5-1-2-5)15-16-11(17)18/h3-5H,1-2H2,(H,16,18). The van der Waals surface area contributed by atoms with Crippen LogP contribution in [0.15, 0.2) is 16.6 Å². The Morgan fingerprint density at radius 3 is 2.72 bits per heavy atom. The molecule has 1 heterocycles. The molecule has 1 aliphatic carbocycles. The first-order valence-corrected chi connectivity index (χ1v) is 6.60. The van der Waals surface area contributed by atoms with E-state index in [0.29, 0.717) is 21.0 Å². The van der Waals surface area contributed by atoms with E-state index in [2.05, 4.69) is 26.1 Å². The highest BCUT2D eigenvalue weighted by atomic mass is 79.9. The van der Waals surface area contributed by atoms with Crippen molar-refractivity contribution in [3.8, 4) is 5.69 Å². The monoisotopic (exact) mass is 331 g/mol. The second-order valence-corrected chi connectivity index (χ2v) is 5.46. The molecule has 0 saturated heterocycles. The van der Waals surface area contributed by atoms with Gasteiger partial charge in [-0.25, -0.2) is 8.78 Å². The van der Waals surface area contributed by atoms with E-state index in [9.17, 15) is 8.78 Å². The van der Waals surface area contributed by atoms with Crippen LogP contribution in [0.25, 0.3) is 5.69 Å². The van der Waals surface area contributed by atoms with E-state index in [-0.39, 0.29) is 5.69 Å². The van der Waals surface area contributed by atoms with E-state index in [1.54, 1.807) is 0 Å². The quantitative estimate of drug-likeness (QED) is 0.848. The van der Waals surface area contributed by atoms with Crippen LogP contribution in [0.3, 0.4) is 0 Å². The molecule has 1 aromatic carbocycles. The van der Waals surface area contributed by atoms with Crippen molar-refractivity contribution in [1.29, 1.82) is 0 Å². The summed E-state index contributed by atoms with van der Waals surface area (Å²) in [5.41, 5.74) is 0.206. The molecular weight excluding hydrogens is 324 g/mol. The van der Waals surface area contributed by atoms with Crippen molar-refractivity contribution in [3.63, 3.8) is 0 Å². The van der Waals surface area contributed by atoms with Crippen LogP contribution in [0, 0.1) is 16.4 Å². The molecule has 0 spiro atoms. The fourth-order valence-corrected chi connectivity index (χ4v) is 2.70. The number of nitrogens with zero attached hydrogens (tertiary/aromatic N) is 2. The Hall–Kier alpha value is -1.08. The molecule has 3 rings (SSSR count). The van der Waals surface area contributed by atoms with E-state index in [4.69, 9.17) is 12.2 Å². The molecule has 0 radical (unpaired) electrons. The summed E-state index contributed by atoms with van der Waals surface area (Å²) in [4.78, 5) is 0. The summed E-state index contributed by atoms with van der Waals surface area (Å²) in [5, 5.41) is 6.78.